The van der Waals surface area contributed by atoms with Crippen molar-refractivity contribution in [2.75, 3.05) is 0 Å². The molecule has 5 nitrogen and oxygen atoms in total. The van der Waals surface area contributed by atoms with Gasteiger partial charge in [-0.15, -0.1) is 0 Å². The summed E-state index contributed by atoms with van der Waals surface area (Å²) < 4.78 is 2.39. The van der Waals surface area contributed by atoms with Gasteiger partial charge in [0.15, 0.2) is 0 Å². The molecular weight excluding hydrogens is 550 g/mol. The Morgan fingerprint density at radius 3 is 2.59 bits per heavy atom. The Morgan fingerprint density at radius 1 is 1.18 bits per heavy atom. The lowest BCUT2D eigenvalue weighted by atomic mass is 10.2. The van der Waals surface area contributed by atoms with Gasteiger partial charge in [-0.05, 0) is 59.9 Å². The fourth-order valence-corrected chi connectivity index (χ4v) is 4.16. The Labute approximate surface area is 159 Å². The van der Waals surface area contributed by atoms with Crippen molar-refractivity contribution in [3.8, 4) is 5.75 Å². The van der Waals surface area contributed by atoms with Gasteiger partial charge >= 0.3 is 0 Å². The predicted octanol–water partition coefficient (Wildman–Crippen LogP) is 4.60. The van der Waals surface area contributed by atoms with E-state index in [1.807, 2.05) is 0 Å². The summed E-state index contributed by atoms with van der Waals surface area (Å²) in [6.07, 6.45) is 4.44. The number of pyridine rings is 1. The second kappa shape index (κ2) is 7.67. The quantitative estimate of drug-likeness (QED) is 0.429. The number of carbonyl (C=O) groups excluding carboxylic acids is 1. The van der Waals surface area contributed by atoms with Crippen LogP contribution in [0, 0.1) is 0 Å². The molecule has 0 radical (unpaired) electrons. The first-order valence-corrected chi connectivity index (χ1v) is 8.87. The molecule has 114 valence electrons. The third kappa shape index (κ3) is 4.15. The predicted molar refractivity (Wildman–Crippen MR) is 98.2 cm³/mol. The molecule has 0 atom stereocenters. The SMILES string of the molecule is O=C(N/N=C/c1c(Br)cc(Br)c(O)c1Br)c1cncc(Br)c1. The number of phenolic OH excluding ortho intramolecular Hbond substituents is 1. The first kappa shape index (κ1) is 17.6. The monoisotopic (exact) mass is 553 g/mol. The van der Waals surface area contributed by atoms with Crippen LogP contribution in [-0.4, -0.2) is 22.2 Å². The van der Waals surface area contributed by atoms with Crippen LogP contribution in [0.3, 0.4) is 0 Å². The van der Waals surface area contributed by atoms with E-state index in [0.29, 0.717) is 29.0 Å². The van der Waals surface area contributed by atoms with Crippen molar-refractivity contribution in [3.05, 3.63) is 53.5 Å². The van der Waals surface area contributed by atoms with Gasteiger partial charge in [-0.1, -0.05) is 15.9 Å². The molecule has 0 aliphatic carbocycles. The minimum Gasteiger partial charge on any atom is -0.506 e. The first-order valence-electron chi connectivity index (χ1n) is 5.70. The molecule has 0 saturated heterocycles. The molecule has 1 aromatic carbocycles. The Bertz CT molecular complexity index is 765. The number of hydrogen-bond donors (Lipinski definition) is 2. The highest BCUT2D eigenvalue weighted by molar-refractivity contribution is 9.11. The molecule has 1 aromatic heterocycles. The van der Waals surface area contributed by atoms with Crippen molar-refractivity contribution in [1.29, 1.82) is 0 Å². The molecule has 2 N–H and O–H groups in total. The van der Waals surface area contributed by atoms with Crippen molar-refractivity contribution in [2.24, 2.45) is 5.10 Å². The zero-order chi connectivity index (χ0) is 16.3. The number of amides is 1. The lowest BCUT2D eigenvalue weighted by Gasteiger charge is -2.06. The molecule has 1 heterocycles. The van der Waals surface area contributed by atoms with Gasteiger partial charge in [0.2, 0.25) is 0 Å². The van der Waals surface area contributed by atoms with Gasteiger partial charge in [-0.3, -0.25) is 9.78 Å². The first-order chi connectivity index (χ1) is 10.4. The van der Waals surface area contributed by atoms with Gasteiger partial charge in [0.05, 0.1) is 20.7 Å². The molecule has 0 unspecified atom stereocenters. The third-order valence-electron chi connectivity index (χ3n) is 2.51. The van der Waals surface area contributed by atoms with E-state index < -0.39 is 5.91 Å². The maximum atomic E-state index is 11.9. The largest absolute Gasteiger partial charge is 0.506 e. The molecule has 0 fully saturated rings. The zero-order valence-electron chi connectivity index (χ0n) is 10.6. The molecule has 0 spiro atoms. The fraction of sp³-hybridized carbons (Fsp3) is 0. The van der Waals surface area contributed by atoms with Gasteiger partial charge < -0.3 is 5.11 Å². The van der Waals surface area contributed by atoms with Crippen LogP contribution in [0.5, 0.6) is 5.75 Å². The van der Waals surface area contributed by atoms with Gasteiger partial charge in [0.1, 0.15) is 5.75 Å². The molecule has 0 bridgehead atoms. The summed E-state index contributed by atoms with van der Waals surface area (Å²) in [6, 6.07) is 3.32. The second-order valence-corrected chi connectivity index (χ2v) is 7.42. The number of rotatable bonds is 3. The van der Waals surface area contributed by atoms with Crippen LogP contribution < -0.4 is 5.43 Å². The van der Waals surface area contributed by atoms with E-state index in [-0.39, 0.29) is 5.75 Å². The van der Waals surface area contributed by atoms with Crippen molar-refractivity contribution in [1.82, 2.24) is 10.4 Å². The van der Waals surface area contributed by atoms with Crippen LogP contribution in [0.15, 0.2) is 47.5 Å². The van der Waals surface area contributed by atoms with Crippen LogP contribution in [0.2, 0.25) is 0 Å². The summed E-state index contributed by atoms with van der Waals surface area (Å²) >= 11 is 13.1. The zero-order valence-corrected chi connectivity index (χ0v) is 17.0. The van der Waals surface area contributed by atoms with Gasteiger partial charge in [0, 0.05) is 26.9 Å². The van der Waals surface area contributed by atoms with Gasteiger partial charge in [-0.25, -0.2) is 5.43 Å². The number of benzene rings is 1. The van der Waals surface area contributed by atoms with Crippen LogP contribution >= 0.6 is 63.7 Å². The normalized spacial score (nSPS) is 10.9. The van der Waals surface area contributed by atoms with Crippen molar-refractivity contribution >= 4 is 75.8 Å². The number of aromatic hydroxyl groups is 1. The summed E-state index contributed by atoms with van der Waals surface area (Å²) in [5.41, 5.74) is 3.37. The minimum atomic E-state index is -0.390. The van der Waals surface area contributed by atoms with Crippen LogP contribution in [0.4, 0.5) is 0 Å². The molecule has 22 heavy (non-hydrogen) atoms. The van der Waals surface area contributed by atoms with Crippen LogP contribution in [0.25, 0.3) is 0 Å². The number of hydrazone groups is 1. The maximum absolute atomic E-state index is 11.9. The van der Waals surface area contributed by atoms with Crippen LogP contribution in [0.1, 0.15) is 15.9 Å². The molecule has 1 amide bonds. The molecule has 0 aliphatic rings. The average Bonchev–Trinajstić information content (AvgIpc) is 2.48. The molecular formula is C13H7Br4N3O2. The van der Waals surface area contributed by atoms with E-state index in [4.69, 9.17) is 0 Å². The Morgan fingerprint density at radius 2 is 1.91 bits per heavy atom. The highest BCUT2D eigenvalue weighted by atomic mass is 79.9. The number of aromatic nitrogens is 1. The molecule has 0 saturated carbocycles. The van der Waals surface area contributed by atoms with E-state index in [0.717, 1.165) is 0 Å². The Kier molecular flexibility index (Phi) is 6.13. The highest BCUT2D eigenvalue weighted by Gasteiger charge is 2.12. The third-order valence-corrected chi connectivity index (χ3v) is 5.01. The molecule has 9 heteroatoms. The summed E-state index contributed by atoms with van der Waals surface area (Å²) in [5.74, 6) is -0.342. The van der Waals surface area contributed by atoms with Crippen molar-refractivity contribution in [2.45, 2.75) is 0 Å². The fourth-order valence-electron chi connectivity index (χ4n) is 1.47. The van der Waals surface area contributed by atoms with E-state index in [1.54, 1.807) is 18.3 Å². The maximum Gasteiger partial charge on any atom is 0.272 e. The van der Waals surface area contributed by atoms with E-state index in [9.17, 15) is 9.90 Å². The van der Waals surface area contributed by atoms with Crippen molar-refractivity contribution in [3.63, 3.8) is 0 Å². The molecule has 2 aromatic rings. The number of nitrogens with one attached hydrogen (secondary N) is 1. The topological polar surface area (TPSA) is 74.6 Å². The van der Waals surface area contributed by atoms with Gasteiger partial charge in [-0.2, -0.15) is 5.10 Å². The molecule has 0 aliphatic heterocycles. The summed E-state index contributed by atoms with van der Waals surface area (Å²) in [6.45, 7) is 0. The standard InChI is InChI=1S/C13H7Br4N3O2/c14-7-1-6(3-18-4-7)13(22)20-19-5-8-9(15)2-10(16)12(21)11(8)17/h1-5,21H,(H,20,22)/b19-5+. The number of carbonyl (C=O) groups is 1. The summed E-state index contributed by atoms with van der Waals surface area (Å²) in [7, 11) is 0. The lowest BCUT2D eigenvalue weighted by molar-refractivity contribution is 0.0954. The van der Waals surface area contributed by atoms with Gasteiger partial charge in [0.25, 0.3) is 5.91 Å². The summed E-state index contributed by atoms with van der Waals surface area (Å²) in [5, 5.41) is 13.7. The number of halogens is 4. The average molecular weight is 557 g/mol. The summed E-state index contributed by atoms with van der Waals surface area (Å²) in [4.78, 5) is 15.8. The van der Waals surface area contributed by atoms with E-state index >= 15 is 0 Å². The van der Waals surface area contributed by atoms with E-state index in [1.165, 1.54) is 12.4 Å². The van der Waals surface area contributed by atoms with Crippen LogP contribution in [-0.2, 0) is 0 Å². The lowest BCUT2D eigenvalue weighted by Crippen LogP contribution is -2.17. The molecule has 2 rings (SSSR count). The Hall–Kier alpha value is -0.770. The number of hydrogen-bond acceptors (Lipinski definition) is 4. The number of nitrogens with zero attached hydrogens (tertiary/aromatic N) is 2. The van der Waals surface area contributed by atoms with Crippen molar-refractivity contribution < 1.29 is 9.90 Å². The highest BCUT2D eigenvalue weighted by Crippen LogP contribution is 2.38. The smallest absolute Gasteiger partial charge is 0.272 e. The Balaban J connectivity index is 2.17. The minimum absolute atomic E-state index is 0.0483. The number of phenols is 1. The second-order valence-electron chi connectivity index (χ2n) is 4.01. The van der Waals surface area contributed by atoms with E-state index in [2.05, 4.69) is 79.2 Å².